The smallest absolute Gasteiger partial charge is 0.307 e. The highest BCUT2D eigenvalue weighted by Crippen LogP contribution is 2.15. The first kappa shape index (κ1) is 17.5. The summed E-state index contributed by atoms with van der Waals surface area (Å²) in [5.74, 6) is 1.07. The lowest BCUT2D eigenvalue weighted by Crippen LogP contribution is -2.16. The summed E-state index contributed by atoms with van der Waals surface area (Å²) in [6.07, 6.45) is 1.60. The molecule has 0 bridgehead atoms. The van der Waals surface area contributed by atoms with Crippen LogP contribution in [0.4, 0.5) is 0 Å². The molecule has 28 heavy (non-hydrogen) atoms. The Balaban J connectivity index is 1.34. The maximum atomic E-state index is 12.2. The maximum Gasteiger partial charge on any atom is 0.307 e. The second kappa shape index (κ2) is 8.22. The largest absolute Gasteiger partial charge is 0.486 e. The Morgan fingerprint density at radius 1 is 0.929 bits per heavy atom. The Bertz CT molecular complexity index is 1120. The van der Waals surface area contributed by atoms with Crippen molar-refractivity contribution < 1.29 is 13.9 Å². The quantitative estimate of drug-likeness (QED) is 0.393. The van der Waals surface area contributed by atoms with Gasteiger partial charge in [-0.15, -0.1) is 0 Å². The number of hydrogen-bond acceptors (Lipinski definition) is 4. The van der Waals surface area contributed by atoms with Gasteiger partial charge in [-0.3, -0.25) is 4.79 Å². The fraction of sp³-hybridized carbons (Fsp3) is 0.0435. The molecule has 5 nitrogen and oxygen atoms in total. The number of hydrazone groups is 1. The average Bonchev–Trinajstić information content (AvgIpc) is 3.22. The van der Waals surface area contributed by atoms with Crippen LogP contribution in [-0.4, -0.2) is 12.1 Å². The fourth-order valence-corrected chi connectivity index (χ4v) is 2.76. The Morgan fingerprint density at radius 2 is 1.71 bits per heavy atom. The molecule has 0 fully saturated rings. The lowest BCUT2D eigenvalue weighted by atomic mass is 10.1. The summed E-state index contributed by atoms with van der Waals surface area (Å²) in [7, 11) is 0. The van der Waals surface area contributed by atoms with Crippen molar-refractivity contribution in [2.45, 2.75) is 6.61 Å². The Labute approximate surface area is 162 Å². The molecule has 4 aromatic rings. The number of nitrogens with zero attached hydrogens (tertiary/aromatic N) is 1. The van der Waals surface area contributed by atoms with Gasteiger partial charge in [-0.1, -0.05) is 54.6 Å². The van der Waals surface area contributed by atoms with Crippen LogP contribution >= 0.6 is 0 Å². The molecule has 5 heteroatoms. The van der Waals surface area contributed by atoms with Crippen molar-refractivity contribution in [2.75, 3.05) is 0 Å². The SMILES string of the molecule is O=C(N/N=C\c1ccc2ccccc2c1)c1ccc(COc2ccccc2)o1. The van der Waals surface area contributed by atoms with Crippen LogP contribution in [0, 0.1) is 0 Å². The molecule has 0 radical (unpaired) electrons. The normalized spacial score (nSPS) is 11.0. The van der Waals surface area contributed by atoms with E-state index in [2.05, 4.69) is 10.5 Å². The lowest BCUT2D eigenvalue weighted by molar-refractivity contribution is 0.0923. The molecular weight excluding hydrogens is 352 g/mol. The number of rotatable bonds is 6. The monoisotopic (exact) mass is 370 g/mol. The number of fused-ring (bicyclic) bond motifs is 1. The summed E-state index contributed by atoms with van der Waals surface area (Å²) in [6, 6.07) is 26.8. The van der Waals surface area contributed by atoms with Crippen molar-refractivity contribution in [3.05, 3.63) is 102 Å². The lowest BCUT2D eigenvalue weighted by Gasteiger charge is -2.03. The number of para-hydroxylation sites is 1. The van der Waals surface area contributed by atoms with Crippen molar-refractivity contribution in [1.82, 2.24) is 5.43 Å². The average molecular weight is 370 g/mol. The highest BCUT2D eigenvalue weighted by molar-refractivity contribution is 5.93. The molecule has 3 aromatic carbocycles. The topological polar surface area (TPSA) is 63.8 Å². The van der Waals surface area contributed by atoms with E-state index in [4.69, 9.17) is 9.15 Å². The van der Waals surface area contributed by atoms with Gasteiger partial charge >= 0.3 is 5.91 Å². The van der Waals surface area contributed by atoms with E-state index in [9.17, 15) is 4.79 Å². The van der Waals surface area contributed by atoms with Gasteiger partial charge in [0, 0.05) is 0 Å². The van der Waals surface area contributed by atoms with Gasteiger partial charge in [0.05, 0.1) is 6.21 Å². The van der Waals surface area contributed by atoms with E-state index in [0.29, 0.717) is 5.76 Å². The molecule has 1 aromatic heterocycles. The summed E-state index contributed by atoms with van der Waals surface area (Å²) in [6.45, 7) is 0.248. The third kappa shape index (κ3) is 4.27. The van der Waals surface area contributed by atoms with Crippen molar-refractivity contribution in [3.63, 3.8) is 0 Å². The predicted molar refractivity (Wildman–Crippen MR) is 108 cm³/mol. The van der Waals surface area contributed by atoms with Gasteiger partial charge in [0.15, 0.2) is 5.76 Å². The number of amides is 1. The number of carbonyl (C=O) groups is 1. The van der Waals surface area contributed by atoms with Gasteiger partial charge in [-0.05, 0) is 46.7 Å². The zero-order chi connectivity index (χ0) is 19.2. The molecule has 0 saturated heterocycles. The number of nitrogens with one attached hydrogen (secondary N) is 1. The van der Waals surface area contributed by atoms with E-state index in [0.717, 1.165) is 22.1 Å². The van der Waals surface area contributed by atoms with Crippen molar-refractivity contribution in [1.29, 1.82) is 0 Å². The minimum Gasteiger partial charge on any atom is -0.486 e. The van der Waals surface area contributed by atoms with Gasteiger partial charge in [0.1, 0.15) is 18.1 Å². The van der Waals surface area contributed by atoms with Gasteiger partial charge in [-0.2, -0.15) is 5.10 Å². The van der Waals surface area contributed by atoms with Crippen LogP contribution in [0.1, 0.15) is 21.9 Å². The number of carbonyl (C=O) groups excluding carboxylic acids is 1. The van der Waals surface area contributed by atoms with Crippen LogP contribution in [0.5, 0.6) is 5.75 Å². The standard InChI is InChI=1S/C23H18N2O3/c26-23(22-13-12-21(28-22)16-27-20-8-2-1-3-9-20)25-24-15-17-10-11-18-6-4-5-7-19(18)14-17/h1-15H,16H2,(H,25,26)/b24-15-. The number of hydrogen-bond donors (Lipinski definition) is 1. The summed E-state index contributed by atoms with van der Waals surface area (Å²) in [5.41, 5.74) is 3.38. The highest BCUT2D eigenvalue weighted by Gasteiger charge is 2.10. The molecular formula is C23H18N2O3. The summed E-state index contributed by atoms with van der Waals surface area (Å²) in [4.78, 5) is 12.2. The molecule has 0 aliphatic carbocycles. The molecule has 0 aliphatic heterocycles. The summed E-state index contributed by atoms with van der Waals surface area (Å²) in [5, 5.41) is 6.29. The predicted octanol–water partition coefficient (Wildman–Crippen LogP) is 4.78. The number of benzene rings is 3. The zero-order valence-corrected chi connectivity index (χ0v) is 15.0. The molecule has 0 unspecified atom stereocenters. The molecule has 1 N–H and O–H groups in total. The minimum atomic E-state index is -0.414. The van der Waals surface area contributed by atoms with Gasteiger partial charge in [0.2, 0.25) is 0 Å². The van der Waals surface area contributed by atoms with Crippen LogP contribution < -0.4 is 10.2 Å². The number of ether oxygens (including phenoxy) is 1. The fourth-order valence-electron chi connectivity index (χ4n) is 2.76. The Hall–Kier alpha value is -3.86. The Kier molecular flexibility index (Phi) is 5.15. The minimum absolute atomic E-state index is 0.183. The third-order valence-corrected chi connectivity index (χ3v) is 4.16. The van der Waals surface area contributed by atoms with E-state index < -0.39 is 5.91 Å². The van der Waals surface area contributed by atoms with Gasteiger partial charge in [0.25, 0.3) is 0 Å². The molecule has 138 valence electrons. The molecule has 1 amide bonds. The van der Waals surface area contributed by atoms with Crippen molar-refractivity contribution in [3.8, 4) is 5.75 Å². The number of furan rings is 1. The van der Waals surface area contributed by atoms with Crippen LogP contribution in [0.3, 0.4) is 0 Å². The van der Waals surface area contributed by atoms with Gasteiger partial charge in [-0.25, -0.2) is 5.43 Å². The first-order chi connectivity index (χ1) is 13.8. The van der Waals surface area contributed by atoms with E-state index in [-0.39, 0.29) is 12.4 Å². The second-order valence-electron chi connectivity index (χ2n) is 6.17. The zero-order valence-electron chi connectivity index (χ0n) is 15.0. The van der Waals surface area contributed by atoms with Crippen LogP contribution in [0.15, 0.2) is 94.4 Å². The molecule has 4 rings (SSSR count). The molecule has 0 aliphatic rings. The van der Waals surface area contributed by atoms with Crippen molar-refractivity contribution in [2.24, 2.45) is 5.10 Å². The first-order valence-corrected chi connectivity index (χ1v) is 8.87. The third-order valence-electron chi connectivity index (χ3n) is 4.16. The molecule has 0 saturated carbocycles. The van der Waals surface area contributed by atoms with Crippen LogP contribution in [-0.2, 0) is 6.61 Å². The highest BCUT2D eigenvalue weighted by atomic mass is 16.5. The van der Waals surface area contributed by atoms with E-state index in [1.165, 1.54) is 0 Å². The van der Waals surface area contributed by atoms with E-state index in [1.54, 1.807) is 18.3 Å². The van der Waals surface area contributed by atoms with Crippen LogP contribution in [0.2, 0.25) is 0 Å². The van der Waals surface area contributed by atoms with E-state index in [1.807, 2.05) is 72.8 Å². The maximum absolute atomic E-state index is 12.2. The van der Waals surface area contributed by atoms with Crippen LogP contribution in [0.25, 0.3) is 10.8 Å². The first-order valence-electron chi connectivity index (χ1n) is 8.87. The molecule has 1 heterocycles. The molecule has 0 atom stereocenters. The molecule has 0 spiro atoms. The van der Waals surface area contributed by atoms with E-state index >= 15 is 0 Å². The van der Waals surface area contributed by atoms with Gasteiger partial charge < -0.3 is 9.15 Å². The van der Waals surface area contributed by atoms with Crippen molar-refractivity contribution >= 4 is 22.9 Å². The summed E-state index contributed by atoms with van der Waals surface area (Å²) >= 11 is 0. The summed E-state index contributed by atoms with van der Waals surface area (Å²) < 4.78 is 11.1. The second-order valence-corrected chi connectivity index (χ2v) is 6.17. The Morgan fingerprint density at radius 3 is 2.57 bits per heavy atom.